The lowest BCUT2D eigenvalue weighted by Crippen LogP contribution is -1.80. The van der Waals surface area contributed by atoms with Crippen molar-refractivity contribution < 1.29 is 4.39 Å². The highest BCUT2D eigenvalue weighted by atomic mass is 32.1. The van der Waals surface area contributed by atoms with Crippen LogP contribution in [0.4, 0.5) is 4.39 Å². The number of hydrogen-bond acceptors (Lipinski definition) is 1. The average Bonchev–Trinajstić information content (AvgIpc) is 2.34. The van der Waals surface area contributed by atoms with Crippen molar-refractivity contribution in [2.45, 2.75) is 13.1 Å². The molecular weight excluding hydrogens is 147 g/mol. The summed E-state index contributed by atoms with van der Waals surface area (Å²) in [5, 5.41) is 1.97. The molecule has 0 nitrogen and oxygen atoms in total. The highest BCUT2D eigenvalue weighted by molar-refractivity contribution is 7.10. The second-order valence-corrected chi connectivity index (χ2v) is 3.03. The summed E-state index contributed by atoms with van der Waals surface area (Å²) in [6, 6.07) is 3.91. The Labute approximate surface area is 64.0 Å². The Morgan fingerprint density at radius 3 is 3.00 bits per heavy atom. The van der Waals surface area contributed by atoms with Crippen molar-refractivity contribution in [3.8, 4) is 0 Å². The molecule has 1 atom stereocenters. The van der Waals surface area contributed by atoms with Crippen molar-refractivity contribution >= 4 is 17.4 Å². The highest BCUT2D eigenvalue weighted by Gasteiger charge is 1.89. The van der Waals surface area contributed by atoms with Gasteiger partial charge in [-0.25, -0.2) is 4.39 Å². The van der Waals surface area contributed by atoms with Crippen LogP contribution in [-0.4, -0.2) is 6.17 Å². The van der Waals surface area contributed by atoms with Gasteiger partial charge in [0.2, 0.25) is 0 Å². The second-order valence-electron chi connectivity index (χ2n) is 2.05. The van der Waals surface area contributed by atoms with Crippen LogP contribution in [-0.2, 0) is 0 Å². The average molecular weight is 156 g/mol. The van der Waals surface area contributed by atoms with Crippen LogP contribution in [0.2, 0.25) is 0 Å². The molecule has 0 radical (unpaired) electrons. The summed E-state index contributed by atoms with van der Waals surface area (Å²) in [4.78, 5) is 1.10. The van der Waals surface area contributed by atoms with Gasteiger partial charge in [-0.05, 0) is 30.5 Å². The van der Waals surface area contributed by atoms with E-state index in [2.05, 4.69) is 0 Å². The molecule has 0 aromatic carbocycles. The van der Waals surface area contributed by atoms with Crippen LogP contribution in [0.3, 0.4) is 0 Å². The molecule has 54 valence electrons. The Bertz CT molecular complexity index is 199. The zero-order valence-electron chi connectivity index (χ0n) is 5.75. The van der Waals surface area contributed by atoms with Crippen LogP contribution in [0.1, 0.15) is 11.8 Å². The molecular formula is C8H9FS. The fourth-order valence-electron chi connectivity index (χ4n) is 0.614. The maximum absolute atomic E-state index is 12.2. The van der Waals surface area contributed by atoms with Crippen LogP contribution in [0.25, 0.3) is 6.08 Å². The summed E-state index contributed by atoms with van der Waals surface area (Å²) >= 11 is 1.61. The van der Waals surface area contributed by atoms with Gasteiger partial charge in [0.05, 0.1) is 0 Å². The van der Waals surface area contributed by atoms with E-state index >= 15 is 0 Å². The number of thiophene rings is 1. The van der Waals surface area contributed by atoms with Gasteiger partial charge in [0.15, 0.2) is 0 Å². The summed E-state index contributed by atoms with van der Waals surface area (Å²) in [5.74, 6) is 0. The highest BCUT2D eigenvalue weighted by Crippen LogP contribution is 2.10. The lowest BCUT2D eigenvalue weighted by molar-refractivity contribution is 0.432. The summed E-state index contributed by atoms with van der Waals surface area (Å²) in [6.07, 6.45) is 2.50. The van der Waals surface area contributed by atoms with E-state index in [9.17, 15) is 4.39 Å². The molecule has 0 saturated heterocycles. The molecule has 0 spiro atoms. The fourth-order valence-corrected chi connectivity index (χ4v) is 1.24. The van der Waals surface area contributed by atoms with Crippen molar-refractivity contribution in [1.29, 1.82) is 0 Å². The van der Waals surface area contributed by atoms with Crippen LogP contribution < -0.4 is 0 Å². The summed E-state index contributed by atoms with van der Waals surface area (Å²) in [5.41, 5.74) is 0. The number of halogens is 1. The molecule has 0 aliphatic carbocycles. The second kappa shape index (κ2) is 3.52. The van der Waals surface area contributed by atoms with E-state index in [-0.39, 0.29) is 0 Å². The van der Waals surface area contributed by atoms with Gasteiger partial charge in [-0.3, -0.25) is 0 Å². The molecule has 10 heavy (non-hydrogen) atoms. The minimum Gasteiger partial charge on any atom is -0.243 e. The molecule has 1 unspecified atom stereocenters. The van der Waals surface area contributed by atoms with Gasteiger partial charge in [0.1, 0.15) is 6.17 Å². The first-order chi connectivity index (χ1) is 4.79. The van der Waals surface area contributed by atoms with Crippen LogP contribution in [0.15, 0.2) is 23.6 Å². The van der Waals surface area contributed by atoms with Gasteiger partial charge < -0.3 is 0 Å². The first-order valence-electron chi connectivity index (χ1n) is 3.15. The normalized spacial score (nSPS) is 14.2. The van der Waals surface area contributed by atoms with Gasteiger partial charge in [-0.1, -0.05) is 6.07 Å². The SMILES string of the molecule is CC(F)/C=C/c1cccs1. The minimum absolute atomic E-state index is 0.845. The van der Waals surface area contributed by atoms with E-state index in [1.54, 1.807) is 23.5 Å². The van der Waals surface area contributed by atoms with E-state index in [1.807, 2.05) is 17.5 Å². The predicted molar refractivity (Wildman–Crippen MR) is 43.9 cm³/mol. The van der Waals surface area contributed by atoms with E-state index < -0.39 is 6.17 Å². The molecule has 0 saturated carbocycles. The van der Waals surface area contributed by atoms with E-state index in [0.29, 0.717) is 0 Å². The first-order valence-corrected chi connectivity index (χ1v) is 4.03. The maximum Gasteiger partial charge on any atom is 0.116 e. The zero-order chi connectivity index (χ0) is 7.40. The summed E-state index contributed by atoms with van der Waals surface area (Å²) < 4.78 is 12.2. The van der Waals surface area contributed by atoms with E-state index in [0.717, 1.165) is 4.88 Å². The number of allylic oxidation sites excluding steroid dienone is 1. The number of rotatable bonds is 2. The van der Waals surface area contributed by atoms with Gasteiger partial charge in [0.25, 0.3) is 0 Å². The van der Waals surface area contributed by atoms with E-state index in [1.165, 1.54) is 6.92 Å². The summed E-state index contributed by atoms with van der Waals surface area (Å²) in [6.45, 7) is 1.52. The Morgan fingerprint density at radius 2 is 2.50 bits per heavy atom. The smallest absolute Gasteiger partial charge is 0.116 e. The van der Waals surface area contributed by atoms with Crippen molar-refractivity contribution in [2.24, 2.45) is 0 Å². The molecule has 0 aliphatic heterocycles. The topological polar surface area (TPSA) is 0 Å². The Hall–Kier alpha value is -0.630. The molecule has 0 aliphatic rings. The molecule has 1 rings (SSSR count). The standard InChI is InChI=1S/C8H9FS/c1-7(9)4-5-8-3-2-6-10-8/h2-7H,1H3/b5-4+. The molecule has 0 fully saturated rings. The fraction of sp³-hybridized carbons (Fsp3) is 0.250. The third kappa shape index (κ3) is 2.31. The first kappa shape index (κ1) is 7.48. The van der Waals surface area contributed by atoms with Crippen LogP contribution >= 0.6 is 11.3 Å². The van der Waals surface area contributed by atoms with Gasteiger partial charge in [-0.2, -0.15) is 0 Å². The molecule has 2 heteroatoms. The molecule has 1 aromatic rings. The zero-order valence-corrected chi connectivity index (χ0v) is 6.57. The van der Waals surface area contributed by atoms with E-state index in [4.69, 9.17) is 0 Å². The lowest BCUT2D eigenvalue weighted by Gasteiger charge is -1.87. The van der Waals surface area contributed by atoms with Crippen molar-refractivity contribution in [2.75, 3.05) is 0 Å². The molecule has 0 bridgehead atoms. The molecule has 0 amide bonds. The molecule has 0 N–H and O–H groups in total. The Kier molecular flexibility index (Phi) is 2.63. The van der Waals surface area contributed by atoms with Crippen LogP contribution in [0.5, 0.6) is 0 Å². The predicted octanol–water partition coefficient (Wildman–Crippen LogP) is 3.12. The third-order valence-electron chi connectivity index (χ3n) is 1.07. The van der Waals surface area contributed by atoms with Crippen molar-refractivity contribution in [1.82, 2.24) is 0 Å². The maximum atomic E-state index is 12.2. The quantitative estimate of drug-likeness (QED) is 0.617. The van der Waals surface area contributed by atoms with Gasteiger partial charge >= 0.3 is 0 Å². The van der Waals surface area contributed by atoms with Crippen LogP contribution in [0, 0.1) is 0 Å². The number of alkyl halides is 1. The van der Waals surface area contributed by atoms with Crippen molar-refractivity contribution in [3.63, 3.8) is 0 Å². The largest absolute Gasteiger partial charge is 0.243 e. The molecule has 1 heterocycles. The third-order valence-corrected chi connectivity index (χ3v) is 1.91. The number of hydrogen-bond donors (Lipinski definition) is 0. The lowest BCUT2D eigenvalue weighted by atomic mass is 10.3. The Balaban J connectivity index is 2.55. The minimum atomic E-state index is -0.845. The monoisotopic (exact) mass is 156 g/mol. The molecule has 1 aromatic heterocycles. The Morgan fingerprint density at radius 1 is 1.70 bits per heavy atom. The van der Waals surface area contributed by atoms with Gasteiger partial charge in [-0.15, -0.1) is 11.3 Å². The summed E-state index contributed by atoms with van der Waals surface area (Å²) in [7, 11) is 0. The van der Waals surface area contributed by atoms with Crippen molar-refractivity contribution in [3.05, 3.63) is 28.5 Å². The van der Waals surface area contributed by atoms with Gasteiger partial charge in [0, 0.05) is 4.88 Å².